The lowest BCUT2D eigenvalue weighted by atomic mass is 9.98. The number of nitrogens with zero attached hydrogens (tertiary/aromatic N) is 1. The summed E-state index contributed by atoms with van der Waals surface area (Å²) in [5.41, 5.74) is 1.75. The number of hydrogen-bond acceptors (Lipinski definition) is 3. The van der Waals surface area contributed by atoms with Crippen molar-refractivity contribution in [1.29, 1.82) is 0 Å². The van der Waals surface area contributed by atoms with Crippen LogP contribution in [-0.4, -0.2) is 10.1 Å². The third kappa shape index (κ3) is 2.55. The first kappa shape index (κ1) is 13.2. The fourth-order valence-corrected chi connectivity index (χ4v) is 2.70. The van der Waals surface area contributed by atoms with E-state index in [9.17, 15) is 5.11 Å². The lowest BCUT2D eigenvalue weighted by Gasteiger charge is -2.14. The van der Waals surface area contributed by atoms with Gasteiger partial charge in [0, 0.05) is 17.5 Å². The number of aliphatic hydroxyl groups is 1. The minimum absolute atomic E-state index is 0.511. The zero-order valence-corrected chi connectivity index (χ0v) is 11.8. The molecule has 0 aliphatic carbocycles. The Morgan fingerprint density at radius 1 is 1.00 bits per heavy atom. The van der Waals surface area contributed by atoms with Crippen LogP contribution in [0.3, 0.4) is 0 Å². The Balaban J connectivity index is 2.00. The molecule has 0 saturated carbocycles. The van der Waals surface area contributed by atoms with E-state index in [0.29, 0.717) is 12.1 Å². The number of benzene rings is 2. The molecule has 2 nitrogen and oxygen atoms in total. The first-order chi connectivity index (χ1) is 9.75. The predicted molar refractivity (Wildman–Crippen MR) is 84.1 cm³/mol. The summed E-state index contributed by atoms with van der Waals surface area (Å²) in [6.07, 6.45) is 1.59. The summed E-state index contributed by atoms with van der Waals surface area (Å²) < 4.78 is 0. The highest BCUT2D eigenvalue weighted by molar-refractivity contribution is 7.80. The lowest BCUT2D eigenvalue weighted by Crippen LogP contribution is -2.05. The van der Waals surface area contributed by atoms with Gasteiger partial charge < -0.3 is 5.11 Å². The van der Waals surface area contributed by atoms with Gasteiger partial charge in [-0.3, -0.25) is 4.98 Å². The maximum Gasteiger partial charge on any atom is 0.100 e. The van der Waals surface area contributed by atoms with Gasteiger partial charge in [-0.05, 0) is 34.5 Å². The Kier molecular flexibility index (Phi) is 3.72. The molecular weight excluding hydrogens is 266 g/mol. The van der Waals surface area contributed by atoms with Gasteiger partial charge in [0.1, 0.15) is 6.10 Å². The maximum atomic E-state index is 10.4. The molecule has 0 aliphatic heterocycles. The molecule has 0 amide bonds. The van der Waals surface area contributed by atoms with Gasteiger partial charge in [-0.2, -0.15) is 0 Å². The van der Waals surface area contributed by atoms with Gasteiger partial charge in [-0.25, -0.2) is 0 Å². The van der Waals surface area contributed by atoms with Crippen LogP contribution in [0.2, 0.25) is 0 Å². The van der Waals surface area contributed by atoms with E-state index in [1.54, 1.807) is 6.20 Å². The lowest BCUT2D eigenvalue weighted by molar-refractivity contribution is 0.173. The van der Waals surface area contributed by atoms with Crippen LogP contribution in [-0.2, 0) is 6.42 Å². The third-order valence-corrected chi connectivity index (χ3v) is 3.86. The number of aromatic nitrogens is 1. The van der Waals surface area contributed by atoms with E-state index in [1.165, 1.54) is 0 Å². The Bertz CT molecular complexity index is 727. The van der Waals surface area contributed by atoms with Crippen LogP contribution >= 0.6 is 12.6 Å². The Morgan fingerprint density at radius 3 is 2.60 bits per heavy atom. The summed E-state index contributed by atoms with van der Waals surface area (Å²) in [5.74, 6) is 0. The first-order valence-corrected chi connectivity index (χ1v) is 6.99. The fourth-order valence-electron chi connectivity index (χ4n) is 2.41. The molecule has 2 aromatic carbocycles. The maximum absolute atomic E-state index is 10.4. The highest BCUT2D eigenvalue weighted by Crippen LogP contribution is 2.28. The van der Waals surface area contributed by atoms with Gasteiger partial charge in [0.2, 0.25) is 0 Å². The molecule has 0 aliphatic rings. The average molecular weight is 281 g/mol. The van der Waals surface area contributed by atoms with Crippen LogP contribution in [0.5, 0.6) is 0 Å². The first-order valence-electron chi connectivity index (χ1n) is 6.54. The molecule has 20 heavy (non-hydrogen) atoms. The van der Waals surface area contributed by atoms with E-state index in [4.69, 9.17) is 0 Å². The van der Waals surface area contributed by atoms with E-state index in [1.807, 2.05) is 42.5 Å². The molecule has 1 aromatic heterocycles. The number of hydrogen-bond donors (Lipinski definition) is 2. The van der Waals surface area contributed by atoms with Crippen molar-refractivity contribution in [2.24, 2.45) is 0 Å². The Labute approximate surface area is 123 Å². The van der Waals surface area contributed by atoms with Crippen LogP contribution in [0.25, 0.3) is 10.8 Å². The van der Waals surface area contributed by atoms with E-state index in [0.717, 1.165) is 21.2 Å². The van der Waals surface area contributed by atoms with Crippen molar-refractivity contribution in [2.45, 2.75) is 17.4 Å². The fraction of sp³-hybridized carbons (Fsp3) is 0.118. The smallest absolute Gasteiger partial charge is 0.100 e. The van der Waals surface area contributed by atoms with Gasteiger partial charge >= 0.3 is 0 Å². The van der Waals surface area contributed by atoms with E-state index >= 15 is 0 Å². The summed E-state index contributed by atoms with van der Waals surface area (Å²) in [4.78, 5) is 5.11. The molecule has 3 heteroatoms. The van der Waals surface area contributed by atoms with Crippen molar-refractivity contribution in [3.05, 3.63) is 72.1 Å². The van der Waals surface area contributed by atoms with Crippen LogP contribution in [0, 0.1) is 0 Å². The third-order valence-electron chi connectivity index (χ3n) is 3.44. The molecule has 3 rings (SSSR count). The summed E-state index contributed by atoms with van der Waals surface area (Å²) in [5, 5.41) is 12.7. The molecule has 0 saturated heterocycles. The van der Waals surface area contributed by atoms with Crippen molar-refractivity contribution in [1.82, 2.24) is 4.98 Å². The SMILES string of the molecule is OC(Cc1c(S)ccc2ccccc12)c1ccccn1. The molecule has 0 spiro atoms. The molecular formula is C17H15NOS. The number of pyridine rings is 1. The topological polar surface area (TPSA) is 33.1 Å². The molecule has 3 aromatic rings. The Morgan fingerprint density at radius 2 is 1.80 bits per heavy atom. The van der Waals surface area contributed by atoms with E-state index in [-0.39, 0.29) is 0 Å². The number of rotatable bonds is 3. The van der Waals surface area contributed by atoms with Gasteiger partial charge in [-0.15, -0.1) is 12.6 Å². The zero-order chi connectivity index (χ0) is 13.9. The van der Waals surface area contributed by atoms with E-state index in [2.05, 4.69) is 29.7 Å². The second-order valence-corrected chi connectivity index (χ2v) is 5.24. The molecule has 1 heterocycles. The molecule has 0 fully saturated rings. The molecule has 1 atom stereocenters. The summed E-state index contributed by atoms with van der Waals surface area (Å²) in [6.45, 7) is 0. The minimum atomic E-state index is -0.618. The number of fused-ring (bicyclic) bond motifs is 1. The van der Waals surface area contributed by atoms with Crippen molar-refractivity contribution in [3.63, 3.8) is 0 Å². The van der Waals surface area contributed by atoms with Crippen LogP contribution in [0.1, 0.15) is 17.4 Å². The van der Waals surface area contributed by atoms with Crippen molar-refractivity contribution in [2.75, 3.05) is 0 Å². The number of aliphatic hydroxyl groups excluding tert-OH is 1. The predicted octanol–water partition coefficient (Wildman–Crippen LogP) is 3.80. The highest BCUT2D eigenvalue weighted by Gasteiger charge is 2.13. The van der Waals surface area contributed by atoms with E-state index < -0.39 is 6.10 Å². The van der Waals surface area contributed by atoms with Gasteiger partial charge in [0.15, 0.2) is 0 Å². The molecule has 1 N–H and O–H groups in total. The summed E-state index contributed by atoms with van der Waals surface area (Å²) in [7, 11) is 0. The normalized spacial score (nSPS) is 12.5. The summed E-state index contributed by atoms with van der Waals surface area (Å²) in [6, 6.07) is 17.8. The Hall–Kier alpha value is -1.84. The number of thiol groups is 1. The van der Waals surface area contributed by atoms with Crippen LogP contribution < -0.4 is 0 Å². The second kappa shape index (κ2) is 5.65. The zero-order valence-electron chi connectivity index (χ0n) is 10.9. The highest BCUT2D eigenvalue weighted by atomic mass is 32.1. The summed E-state index contributed by atoms with van der Waals surface area (Å²) >= 11 is 4.53. The molecule has 1 unspecified atom stereocenters. The molecule has 0 bridgehead atoms. The average Bonchev–Trinajstić information content (AvgIpc) is 2.51. The molecule has 0 radical (unpaired) electrons. The van der Waals surface area contributed by atoms with Gasteiger partial charge in [0.05, 0.1) is 5.69 Å². The van der Waals surface area contributed by atoms with Gasteiger partial charge in [0.25, 0.3) is 0 Å². The van der Waals surface area contributed by atoms with Crippen LogP contribution in [0.15, 0.2) is 65.7 Å². The van der Waals surface area contributed by atoms with Gasteiger partial charge in [-0.1, -0.05) is 36.4 Å². The standard InChI is InChI=1S/C17H15NOS/c19-16(15-7-3-4-10-18-15)11-14-13-6-2-1-5-12(13)8-9-17(14)20/h1-10,16,19-20H,11H2. The largest absolute Gasteiger partial charge is 0.386 e. The monoisotopic (exact) mass is 281 g/mol. The minimum Gasteiger partial charge on any atom is -0.386 e. The van der Waals surface area contributed by atoms with Crippen LogP contribution in [0.4, 0.5) is 0 Å². The van der Waals surface area contributed by atoms with Crippen molar-refractivity contribution >= 4 is 23.4 Å². The quantitative estimate of drug-likeness (QED) is 0.716. The van der Waals surface area contributed by atoms with Crippen molar-refractivity contribution in [3.8, 4) is 0 Å². The second-order valence-electron chi connectivity index (χ2n) is 4.76. The molecule has 100 valence electrons. The van der Waals surface area contributed by atoms with Crippen molar-refractivity contribution < 1.29 is 5.11 Å².